The van der Waals surface area contributed by atoms with E-state index in [0.29, 0.717) is 0 Å². The van der Waals surface area contributed by atoms with E-state index >= 15 is 0 Å². The van der Waals surface area contributed by atoms with Gasteiger partial charge in [-0.05, 0) is 36.4 Å². The zero-order valence-electron chi connectivity index (χ0n) is 13.9. The number of nitro groups is 1. The second-order valence-electron chi connectivity index (χ2n) is 5.78. The van der Waals surface area contributed by atoms with Crippen LogP contribution in [0.4, 0.5) is 11.4 Å². The van der Waals surface area contributed by atoms with Gasteiger partial charge in [0.15, 0.2) is 0 Å². The highest BCUT2D eigenvalue weighted by Gasteiger charge is 2.20. The number of non-ortho nitro benzene ring substituents is 1. The van der Waals surface area contributed by atoms with Crippen LogP contribution in [0.25, 0.3) is 0 Å². The molecule has 2 aromatic rings. The number of methoxy groups -OCH3 is 1. The third-order valence-corrected chi connectivity index (χ3v) is 4.82. The van der Waals surface area contributed by atoms with Crippen molar-refractivity contribution in [2.45, 2.75) is 0 Å². The maximum atomic E-state index is 10.7. The lowest BCUT2D eigenvalue weighted by molar-refractivity contribution is -0.384. The van der Waals surface area contributed by atoms with Gasteiger partial charge in [-0.15, -0.1) is 0 Å². The first-order valence-corrected chi connectivity index (χ1v) is 8.42. The van der Waals surface area contributed by atoms with Crippen molar-refractivity contribution in [1.82, 2.24) is 4.90 Å². The molecule has 1 aliphatic heterocycles. The van der Waals surface area contributed by atoms with Crippen molar-refractivity contribution in [1.29, 1.82) is 0 Å². The van der Waals surface area contributed by atoms with Crippen LogP contribution in [0.3, 0.4) is 0 Å². The Bertz CT molecular complexity index is 754. The molecule has 0 spiro atoms. The Balaban J connectivity index is 1.61. The number of hydrogen-bond acceptors (Lipinski definition) is 5. The van der Waals surface area contributed by atoms with Crippen LogP contribution in [0.5, 0.6) is 5.75 Å². The highest BCUT2D eigenvalue weighted by atomic mass is 32.1. The Morgan fingerprint density at radius 1 is 1.04 bits per heavy atom. The second kappa shape index (κ2) is 7.48. The van der Waals surface area contributed by atoms with Gasteiger partial charge >= 0.3 is 0 Å². The first-order chi connectivity index (χ1) is 12.1. The Morgan fingerprint density at radius 3 is 2.16 bits per heavy atom. The van der Waals surface area contributed by atoms with Crippen molar-refractivity contribution in [2.24, 2.45) is 0 Å². The second-order valence-corrected chi connectivity index (χ2v) is 6.17. The quantitative estimate of drug-likeness (QED) is 0.476. The van der Waals surface area contributed by atoms with Gasteiger partial charge in [0.05, 0.1) is 12.0 Å². The molecule has 0 atom stereocenters. The number of nitrogens with zero attached hydrogens (tertiary/aromatic N) is 3. The number of benzene rings is 2. The molecule has 3 rings (SSSR count). The number of nitro benzene ring substituents is 1. The van der Waals surface area contributed by atoms with Gasteiger partial charge in [0, 0.05) is 49.6 Å². The molecule has 1 aliphatic rings. The zero-order chi connectivity index (χ0) is 17.8. The molecule has 25 heavy (non-hydrogen) atoms. The minimum absolute atomic E-state index is 0.0795. The van der Waals surface area contributed by atoms with E-state index in [4.69, 9.17) is 17.0 Å². The molecule has 0 aliphatic carbocycles. The zero-order valence-corrected chi connectivity index (χ0v) is 14.7. The Hall–Kier alpha value is -2.67. The van der Waals surface area contributed by atoms with Crippen molar-refractivity contribution in [3.8, 4) is 5.75 Å². The summed E-state index contributed by atoms with van der Waals surface area (Å²) in [7, 11) is 1.66. The molecule has 0 N–H and O–H groups in total. The summed E-state index contributed by atoms with van der Waals surface area (Å²) in [6.45, 7) is 3.39. The standard InChI is InChI=1S/C18H19N3O3S/c1-24-17-8-6-15(7-9-17)19-10-12-20(13-11-19)18(25)14-2-4-16(5-3-14)21(22)23/h2-9H,10-13H2,1H3. The molecule has 0 unspecified atom stereocenters. The largest absolute Gasteiger partial charge is 0.497 e. The molecule has 0 radical (unpaired) electrons. The molecule has 0 aromatic heterocycles. The molecule has 2 aromatic carbocycles. The summed E-state index contributed by atoms with van der Waals surface area (Å²) in [6, 6.07) is 14.5. The predicted molar refractivity (Wildman–Crippen MR) is 102 cm³/mol. The van der Waals surface area contributed by atoms with Crippen LogP contribution < -0.4 is 9.64 Å². The summed E-state index contributed by atoms with van der Waals surface area (Å²) in [5.41, 5.74) is 2.09. The molecular formula is C18H19N3O3S. The lowest BCUT2D eigenvalue weighted by Crippen LogP contribution is -2.48. The number of thiocarbonyl (C=S) groups is 1. The van der Waals surface area contributed by atoms with Crippen LogP contribution in [-0.4, -0.2) is 48.1 Å². The lowest BCUT2D eigenvalue weighted by Gasteiger charge is -2.37. The molecule has 130 valence electrons. The molecule has 7 heteroatoms. The Morgan fingerprint density at radius 2 is 1.64 bits per heavy atom. The van der Waals surface area contributed by atoms with E-state index in [1.807, 2.05) is 12.1 Å². The molecule has 1 fully saturated rings. The van der Waals surface area contributed by atoms with Gasteiger partial charge in [0.25, 0.3) is 5.69 Å². The van der Waals surface area contributed by atoms with Crippen molar-refractivity contribution in [3.63, 3.8) is 0 Å². The van der Waals surface area contributed by atoms with E-state index in [9.17, 15) is 10.1 Å². The van der Waals surface area contributed by atoms with Crippen LogP contribution >= 0.6 is 12.2 Å². The number of hydrogen-bond donors (Lipinski definition) is 0. The van der Waals surface area contributed by atoms with Crippen LogP contribution in [0.15, 0.2) is 48.5 Å². The summed E-state index contributed by atoms with van der Waals surface area (Å²) < 4.78 is 5.19. The lowest BCUT2D eigenvalue weighted by atomic mass is 10.1. The minimum atomic E-state index is -0.402. The average Bonchev–Trinajstić information content (AvgIpc) is 2.67. The first-order valence-electron chi connectivity index (χ1n) is 8.01. The van der Waals surface area contributed by atoms with Gasteiger partial charge in [0.2, 0.25) is 0 Å². The summed E-state index contributed by atoms with van der Waals surface area (Å²) in [5.74, 6) is 0.849. The predicted octanol–water partition coefficient (Wildman–Crippen LogP) is 3.10. The monoisotopic (exact) mass is 357 g/mol. The van der Waals surface area contributed by atoms with Crippen LogP contribution in [0.1, 0.15) is 5.56 Å². The summed E-state index contributed by atoms with van der Waals surface area (Å²) in [4.78, 5) is 15.5. The average molecular weight is 357 g/mol. The van der Waals surface area contributed by atoms with Gasteiger partial charge in [0.1, 0.15) is 10.7 Å². The fourth-order valence-electron chi connectivity index (χ4n) is 2.87. The van der Waals surface area contributed by atoms with Gasteiger partial charge in [-0.25, -0.2) is 0 Å². The molecule has 1 saturated heterocycles. The van der Waals surface area contributed by atoms with Gasteiger partial charge in [-0.1, -0.05) is 12.2 Å². The highest BCUT2D eigenvalue weighted by molar-refractivity contribution is 7.80. The van der Waals surface area contributed by atoms with E-state index in [2.05, 4.69) is 21.9 Å². The third-order valence-electron chi connectivity index (χ3n) is 4.33. The molecule has 0 amide bonds. The van der Waals surface area contributed by atoms with Crippen molar-refractivity contribution >= 4 is 28.6 Å². The van der Waals surface area contributed by atoms with Gasteiger partial charge in [-0.3, -0.25) is 10.1 Å². The maximum Gasteiger partial charge on any atom is 0.269 e. The number of anilines is 1. The topological polar surface area (TPSA) is 58.8 Å². The Kier molecular flexibility index (Phi) is 5.14. The molecule has 0 saturated carbocycles. The summed E-state index contributed by atoms with van der Waals surface area (Å²) >= 11 is 5.56. The van der Waals surface area contributed by atoms with Crippen LogP contribution in [0, 0.1) is 10.1 Å². The first kappa shape index (κ1) is 17.2. The minimum Gasteiger partial charge on any atom is -0.497 e. The maximum absolute atomic E-state index is 10.7. The molecular weight excluding hydrogens is 338 g/mol. The van der Waals surface area contributed by atoms with Crippen molar-refractivity contribution < 1.29 is 9.66 Å². The van der Waals surface area contributed by atoms with Crippen LogP contribution in [0.2, 0.25) is 0 Å². The van der Waals surface area contributed by atoms with Crippen molar-refractivity contribution in [3.05, 3.63) is 64.2 Å². The molecule has 1 heterocycles. The third kappa shape index (κ3) is 3.88. The SMILES string of the molecule is COc1ccc(N2CCN(C(=S)c3ccc([N+](=O)[O-])cc3)CC2)cc1. The highest BCUT2D eigenvalue weighted by Crippen LogP contribution is 2.21. The van der Waals surface area contributed by atoms with E-state index in [1.54, 1.807) is 19.2 Å². The van der Waals surface area contributed by atoms with Crippen LogP contribution in [-0.2, 0) is 0 Å². The summed E-state index contributed by atoms with van der Waals surface area (Å²) in [6.07, 6.45) is 0. The van der Waals surface area contributed by atoms with Gasteiger partial charge in [-0.2, -0.15) is 0 Å². The smallest absolute Gasteiger partial charge is 0.269 e. The Labute approximate surface area is 151 Å². The summed E-state index contributed by atoms with van der Waals surface area (Å²) in [5, 5.41) is 10.7. The van der Waals surface area contributed by atoms with Crippen molar-refractivity contribution in [2.75, 3.05) is 38.2 Å². The number of ether oxygens (including phenoxy) is 1. The molecule has 0 bridgehead atoms. The van der Waals surface area contributed by atoms with E-state index in [1.165, 1.54) is 17.8 Å². The normalized spacial score (nSPS) is 14.3. The number of rotatable bonds is 4. The van der Waals surface area contributed by atoms with E-state index in [-0.39, 0.29) is 5.69 Å². The number of piperazine rings is 1. The molecule has 6 nitrogen and oxygen atoms in total. The van der Waals surface area contributed by atoms with E-state index in [0.717, 1.165) is 42.5 Å². The van der Waals surface area contributed by atoms with E-state index < -0.39 is 4.92 Å². The fraction of sp³-hybridized carbons (Fsp3) is 0.278. The van der Waals surface area contributed by atoms with Gasteiger partial charge < -0.3 is 14.5 Å². The fourth-order valence-corrected chi connectivity index (χ4v) is 3.19.